The molecule has 0 spiro atoms. The smallest absolute Gasteiger partial charge is 0.394 e. The second-order valence-corrected chi connectivity index (χ2v) is 7.87. The van der Waals surface area contributed by atoms with Gasteiger partial charge in [0, 0.05) is 25.8 Å². The lowest BCUT2D eigenvalue weighted by Gasteiger charge is -2.30. The van der Waals surface area contributed by atoms with Crippen molar-refractivity contribution in [1.82, 2.24) is 9.80 Å². The lowest BCUT2D eigenvalue weighted by Crippen LogP contribution is -2.43. The molecule has 2 atom stereocenters. The van der Waals surface area contributed by atoms with Crippen LogP contribution in [-0.4, -0.2) is 72.6 Å². The number of alkyl halides is 3. The number of carbonyl (C=O) groups is 2. The molecule has 0 aromatic rings. The predicted octanol–water partition coefficient (Wildman–Crippen LogP) is 0.206. The molecule has 0 aromatic carbocycles. The molecule has 8 nitrogen and oxygen atoms in total. The molecule has 3 heterocycles. The van der Waals surface area contributed by atoms with Gasteiger partial charge in [0.15, 0.2) is 5.84 Å². The van der Waals surface area contributed by atoms with Crippen LogP contribution in [0.1, 0.15) is 0 Å². The first kappa shape index (κ1) is 18.4. The highest BCUT2D eigenvalue weighted by atomic mass is 32.2. The van der Waals surface area contributed by atoms with E-state index < -0.39 is 53.0 Å². The number of likely N-dealkylation sites (tertiary alicyclic amines) is 1. The van der Waals surface area contributed by atoms with E-state index in [1.54, 1.807) is 0 Å². The highest BCUT2D eigenvalue weighted by molar-refractivity contribution is 7.90. The number of carboxylic acids is 1. The third kappa shape index (κ3) is 3.32. The Kier molecular flexibility index (Phi) is 4.33. The number of nitrogens with zero attached hydrogens (tertiary/aromatic N) is 3. The maximum Gasteiger partial charge on any atom is 0.394 e. The van der Waals surface area contributed by atoms with Crippen LogP contribution in [0.2, 0.25) is 0 Å². The molecule has 3 aliphatic heterocycles. The van der Waals surface area contributed by atoms with E-state index in [9.17, 15) is 31.2 Å². The van der Waals surface area contributed by atoms with Crippen LogP contribution in [0.4, 0.5) is 13.2 Å². The van der Waals surface area contributed by atoms with Crippen LogP contribution in [0.15, 0.2) is 28.3 Å². The van der Waals surface area contributed by atoms with Gasteiger partial charge in [0.25, 0.3) is 15.9 Å². The van der Waals surface area contributed by atoms with E-state index >= 15 is 0 Å². The van der Waals surface area contributed by atoms with Crippen molar-refractivity contribution in [2.75, 3.05) is 25.4 Å². The molecule has 1 saturated heterocycles. The van der Waals surface area contributed by atoms with E-state index in [2.05, 4.69) is 4.40 Å². The molecule has 1 fully saturated rings. The first-order valence-corrected chi connectivity index (χ1v) is 9.17. The summed E-state index contributed by atoms with van der Waals surface area (Å²) in [6, 6.07) is 0. The number of amidine groups is 1. The second kappa shape index (κ2) is 6.11. The number of halogens is 3. The van der Waals surface area contributed by atoms with Crippen molar-refractivity contribution in [1.29, 1.82) is 0 Å². The van der Waals surface area contributed by atoms with E-state index in [0.717, 1.165) is 4.90 Å². The molecule has 1 N–H and O–H groups in total. The number of fused-ring (bicyclic) bond motifs is 1. The van der Waals surface area contributed by atoms with Crippen molar-refractivity contribution in [2.24, 2.45) is 16.2 Å². The zero-order valence-electron chi connectivity index (χ0n) is 13.2. The van der Waals surface area contributed by atoms with Gasteiger partial charge in [-0.25, -0.2) is 8.42 Å². The number of aliphatic carboxylic acids is 1. The van der Waals surface area contributed by atoms with Gasteiger partial charge in [0.05, 0.1) is 23.2 Å². The zero-order chi connectivity index (χ0) is 19.3. The minimum absolute atomic E-state index is 0.0607. The van der Waals surface area contributed by atoms with E-state index in [1.165, 1.54) is 23.3 Å². The van der Waals surface area contributed by atoms with Gasteiger partial charge in [-0.05, 0) is 12.2 Å². The van der Waals surface area contributed by atoms with E-state index in [1.807, 2.05) is 0 Å². The monoisotopic (exact) mass is 393 g/mol. The minimum Gasteiger partial charge on any atom is -0.481 e. The molecule has 0 aliphatic carbocycles. The van der Waals surface area contributed by atoms with Gasteiger partial charge in [-0.2, -0.15) is 13.2 Å². The molecular formula is C14H14F3N3O5S. The Hall–Kier alpha value is -2.37. The Morgan fingerprint density at radius 1 is 1.27 bits per heavy atom. The fourth-order valence-electron chi connectivity index (χ4n) is 3.10. The molecule has 12 heteroatoms. The third-order valence-electron chi connectivity index (χ3n) is 4.43. The lowest BCUT2D eigenvalue weighted by atomic mass is 9.96. The number of rotatable bonds is 2. The number of amides is 1. The van der Waals surface area contributed by atoms with Crippen molar-refractivity contribution in [3.63, 3.8) is 0 Å². The average molecular weight is 393 g/mol. The number of carbonyl (C=O) groups excluding carboxylic acids is 1. The molecule has 1 amide bonds. The maximum atomic E-state index is 13.1. The van der Waals surface area contributed by atoms with Gasteiger partial charge in [-0.3, -0.25) is 9.59 Å². The van der Waals surface area contributed by atoms with Gasteiger partial charge in [0.1, 0.15) is 0 Å². The van der Waals surface area contributed by atoms with Crippen LogP contribution in [0, 0.1) is 11.8 Å². The zero-order valence-corrected chi connectivity index (χ0v) is 14.0. The van der Waals surface area contributed by atoms with Crippen LogP contribution in [0.3, 0.4) is 0 Å². The highest BCUT2D eigenvalue weighted by Crippen LogP contribution is 2.38. The molecule has 3 aliphatic rings. The van der Waals surface area contributed by atoms with E-state index in [4.69, 9.17) is 5.11 Å². The molecule has 0 bridgehead atoms. The Balaban J connectivity index is 1.90. The first-order chi connectivity index (χ1) is 12.0. The maximum absolute atomic E-state index is 13.1. The van der Waals surface area contributed by atoms with Crippen molar-refractivity contribution in [3.05, 3.63) is 23.9 Å². The summed E-state index contributed by atoms with van der Waals surface area (Å²) in [5, 5.41) is 9.04. The molecule has 0 saturated carbocycles. The Bertz CT molecular complexity index is 846. The molecule has 0 aromatic heterocycles. The van der Waals surface area contributed by atoms with Crippen molar-refractivity contribution in [3.8, 4) is 0 Å². The van der Waals surface area contributed by atoms with Crippen LogP contribution in [0.25, 0.3) is 0 Å². The summed E-state index contributed by atoms with van der Waals surface area (Å²) in [4.78, 5) is 26.0. The first-order valence-electron chi connectivity index (χ1n) is 7.56. The highest BCUT2D eigenvalue weighted by Gasteiger charge is 2.54. The predicted molar refractivity (Wildman–Crippen MR) is 82.4 cm³/mol. The second-order valence-electron chi connectivity index (χ2n) is 6.12. The number of sulfonamides is 1. The Morgan fingerprint density at radius 3 is 2.54 bits per heavy atom. The van der Waals surface area contributed by atoms with Gasteiger partial charge >= 0.3 is 12.1 Å². The van der Waals surface area contributed by atoms with Crippen molar-refractivity contribution >= 4 is 27.7 Å². The fraction of sp³-hybridized carbons (Fsp3) is 0.500. The fourth-order valence-corrected chi connectivity index (χ4v) is 4.09. The van der Waals surface area contributed by atoms with E-state index in [-0.39, 0.29) is 23.7 Å². The molecule has 3 rings (SSSR count). The van der Waals surface area contributed by atoms with Crippen molar-refractivity contribution in [2.45, 2.75) is 6.18 Å². The number of carboxylic acid groups (broad SMARTS) is 1. The molecule has 0 radical (unpaired) electrons. The summed E-state index contributed by atoms with van der Waals surface area (Å²) in [5.74, 6) is -6.88. The quantitative estimate of drug-likeness (QED) is 0.719. The number of hydrogen-bond acceptors (Lipinski definition) is 5. The Labute approximate surface area is 146 Å². The molecular weight excluding hydrogens is 379 g/mol. The Morgan fingerprint density at radius 2 is 1.96 bits per heavy atom. The summed E-state index contributed by atoms with van der Waals surface area (Å²) in [6.45, 7) is -1.36. The minimum atomic E-state index is -4.77. The third-order valence-corrected chi connectivity index (χ3v) is 5.58. The summed E-state index contributed by atoms with van der Waals surface area (Å²) < 4.78 is 66.2. The summed E-state index contributed by atoms with van der Waals surface area (Å²) in [7, 11) is -3.77. The lowest BCUT2D eigenvalue weighted by molar-refractivity contribution is -0.188. The van der Waals surface area contributed by atoms with E-state index in [0.29, 0.717) is 0 Å². The standard InChI is InChI=1S/C14H14F3N3O5S/c15-14(16,17)10-7-20(6-9(10)13(22)23)12(21)8-2-1-3-19-4-5-26(24,25)18-11(8)19/h1-3,9-10H,4-7H2,(H,22,23)/t9-,10-/m1/s1. The normalized spacial score (nSPS) is 27.7. The van der Waals surface area contributed by atoms with Gasteiger partial charge in [0.2, 0.25) is 0 Å². The topological polar surface area (TPSA) is 107 Å². The number of allylic oxidation sites excluding steroid dienone is 2. The SMILES string of the molecule is O=C(O)[C@@H]1CN(C(=O)C2=CC=CN3CCS(=O)(=O)N=C23)C[C@H]1C(F)(F)F. The summed E-state index contributed by atoms with van der Waals surface area (Å²) in [5.41, 5.74) is -0.178. The average Bonchev–Trinajstić information content (AvgIpc) is 2.98. The van der Waals surface area contributed by atoms with Crippen molar-refractivity contribution < 1.29 is 36.3 Å². The van der Waals surface area contributed by atoms with Crippen LogP contribution >= 0.6 is 0 Å². The largest absolute Gasteiger partial charge is 0.481 e. The van der Waals surface area contributed by atoms with Crippen LogP contribution in [-0.2, 0) is 19.6 Å². The van der Waals surface area contributed by atoms with Crippen LogP contribution in [0.5, 0.6) is 0 Å². The molecule has 0 unspecified atom stereocenters. The van der Waals surface area contributed by atoms with Crippen LogP contribution < -0.4 is 0 Å². The molecule has 142 valence electrons. The summed E-state index contributed by atoms with van der Waals surface area (Å²) >= 11 is 0. The van der Waals surface area contributed by atoms with Gasteiger partial charge in [-0.1, -0.05) is 0 Å². The van der Waals surface area contributed by atoms with Gasteiger partial charge in [-0.15, -0.1) is 4.40 Å². The number of hydrogen-bond donors (Lipinski definition) is 1. The van der Waals surface area contributed by atoms with Gasteiger partial charge < -0.3 is 14.9 Å². The molecule has 26 heavy (non-hydrogen) atoms. The summed E-state index contributed by atoms with van der Waals surface area (Å²) in [6.07, 6.45) is -0.547.